The van der Waals surface area contributed by atoms with Crippen molar-refractivity contribution in [3.8, 4) is 0 Å². The minimum Gasteiger partial charge on any atom is -0.364 e. The van der Waals surface area contributed by atoms with Crippen LogP contribution in [0.25, 0.3) is 0 Å². The second-order valence-electron chi connectivity index (χ2n) is 4.18. The number of aryl methyl sites for hydroxylation is 2. The highest BCUT2D eigenvalue weighted by Gasteiger charge is 2.11. The summed E-state index contributed by atoms with van der Waals surface area (Å²) in [4.78, 5) is 18.8. The summed E-state index contributed by atoms with van der Waals surface area (Å²) in [6, 6.07) is 8.83. The largest absolute Gasteiger partial charge is 0.364 e. The molecule has 0 amide bonds. The molecule has 0 saturated carbocycles. The van der Waals surface area contributed by atoms with Gasteiger partial charge in [0.25, 0.3) is 5.69 Å². The molecule has 2 heterocycles. The lowest BCUT2D eigenvalue weighted by Gasteiger charge is -2.06. The number of nitro groups is 1. The third kappa shape index (κ3) is 3.25. The normalized spacial score (nSPS) is 10.2. The van der Waals surface area contributed by atoms with Crippen molar-refractivity contribution in [2.24, 2.45) is 0 Å². The Morgan fingerprint density at radius 2 is 2.00 bits per heavy atom. The maximum Gasteiger partial charge on any atom is 0.290 e. The fourth-order valence-corrected chi connectivity index (χ4v) is 1.72. The van der Waals surface area contributed by atoms with Gasteiger partial charge in [0.1, 0.15) is 11.5 Å². The highest BCUT2D eigenvalue weighted by atomic mass is 16.6. The van der Waals surface area contributed by atoms with Gasteiger partial charge in [-0.3, -0.25) is 15.1 Å². The first kappa shape index (κ1) is 12.9. The number of aromatic nitrogens is 2. The Morgan fingerprint density at radius 3 is 2.63 bits per heavy atom. The highest BCUT2D eigenvalue weighted by Crippen LogP contribution is 2.18. The van der Waals surface area contributed by atoms with Crippen LogP contribution in [0.1, 0.15) is 17.1 Å². The van der Waals surface area contributed by atoms with Crippen LogP contribution in [0.2, 0.25) is 0 Å². The molecule has 0 unspecified atom stereocenters. The molecule has 0 bridgehead atoms. The first-order valence-electron chi connectivity index (χ1n) is 5.84. The summed E-state index contributed by atoms with van der Waals surface area (Å²) in [6.45, 7) is 4.08. The summed E-state index contributed by atoms with van der Waals surface area (Å²) in [5.41, 5.74) is 2.27. The predicted octanol–water partition coefficient (Wildman–Crippen LogP) is 2.61. The average molecular weight is 258 g/mol. The van der Waals surface area contributed by atoms with Crippen LogP contribution in [-0.4, -0.2) is 14.9 Å². The van der Waals surface area contributed by atoms with Crippen LogP contribution in [0.3, 0.4) is 0 Å². The molecule has 0 saturated heterocycles. The van der Waals surface area contributed by atoms with Gasteiger partial charge in [-0.05, 0) is 32.0 Å². The molecule has 19 heavy (non-hydrogen) atoms. The van der Waals surface area contributed by atoms with Crippen LogP contribution < -0.4 is 5.32 Å². The zero-order chi connectivity index (χ0) is 13.8. The summed E-state index contributed by atoms with van der Waals surface area (Å²) in [5.74, 6) is 0.603. The Labute approximate surface area is 110 Å². The van der Waals surface area contributed by atoms with Crippen LogP contribution in [0, 0.1) is 24.0 Å². The molecule has 6 heteroatoms. The van der Waals surface area contributed by atoms with Crippen molar-refractivity contribution >= 4 is 11.5 Å². The average Bonchev–Trinajstić information content (AvgIpc) is 2.36. The van der Waals surface area contributed by atoms with Gasteiger partial charge in [-0.15, -0.1) is 0 Å². The Bertz CT molecular complexity index is 613. The molecule has 2 rings (SSSR count). The molecule has 0 atom stereocenters. The Balaban J connectivity index is 2.08. The molecule has 2 aromatic rings. The fraction of sp³-hybridized carbons (Fsp3) is 0.231. The minimum absolute atomic E-state index is 0.0271. The van der Waals surface area contributed by atoms with Crippen LogP contribution >= 0.6 is 0 Å². The monoisotopic (exact) mass is 258 g/mol. The lowest BCUT2D eigenvalue weighted by atomic mass is 10.3. The first-order valence-corrected chi connectivity index (χ1v) is 5.84. The molecular formula is C13H14N4O2. The summed E-state index contributed by atoms with van der Waals surface area (Å²) in [6.07, 6.45) is 0. The van der Waals surface area contributed by atoms with Crippen LogP contribution in [0.4, 0.5) is 11.5 Å². The van der Waals surface area contributed by atoms with E-state index in [9.17, 15) is 10.1 Å². The Hall–Kier alpha value is -2.50. The molecule has 0 aliphatic carbocycles. The Kier molecular flexibility index (Phi) is 3.70. The van der Waals surface area contributed by atoms with Gasteiger partial charge in [-0.1, -0.05) is 6.07 Å². The number of anilines is 1. The number of hydrogen-bond acceptors (Lipinski definition) is 5. The topological polar surface area (TPSA) is 81.0 Å². The van der Waals surface area contributed by atoms with Gasteiger partial charge in [0, 0.05) is 11.8 Å². The fourth-order valence-electron chi connectivity index (χ4n) is 1.72. The van der Waals surface area contributed by atoms with E-state index >= 15 is 0 Å². The van der Waals surface area contributed by atoms with E-state index < -0.39 is 4.92 Å². The third-order valence-electron chi connectivity index (χ3n) is 2.65. The molecule has 0 radical (unpaired) electrons. The predicted molar refractivity (Wildman–Crippen MR) is 71.9 cm³/mol. The molecule has 98 valence electrons. The summed E-state index contributed by atoms with van der Waals surface area (Å²) in [7, 11) is 0. The number of nitrogens with zero attached hydrogens (tertiary/aromatic N) is 3. The molecule has 0 aliphatic heterocycles. The van der Waals surface area contributed by atoms with Crippen LogP contribution in [0.15, 0.2) is 30.3 Å². The standard InChI is InChI=1S/C13H14N4O2/c1-9-4-3-5-11(15-9)8-14-13-7-6-12(17(18)19)10(2)16-13/h3-7H,8H2,1-2H3,(H,14,16). The van der Waals surface area contributed by atoms with Gasteiger partial charge in [-0.2, -0.15) is 0 Å². The second-order valence-corrected chi connectivity index (χ2v) is 4.18. The molecule has 6 nitrogen and oxygen atoms in total. The van der Waals surface area contributed by atoms with Gasteiger partial charge in [0.05, 0.1) is 17.2 Å². The molecule has 0 aromatic carbocycles. The molecule has 1 N–H and O–H groups in total. The van der Waals surface area contributed by atoms with E-state index in [1.807, 2.05) is 25.1 Å². The lowest BCUT2D eigenvalue weighted by molar-refractivity contribution is -0.385. The maximum atomic E-state index is 10.7. The van der Waals surface area contributed by atoms with Crippen molar-refractivity contribution in [1.82, 2.24) is 9.97 Å². The molecular weight excluding hydrogens is 244 g/mol. The molecule has 0 fully saturated rings. The van der Waals surface area contributed by atoms with Crippen molar-refractivity contribution in [3.05, 3.63) is 57.5 Å². The number of rotatable bonds is 4. The lowest BCUT2D eigenvalue weighted by Crippen LogP contribution is -2.05. The zero-order valence-corrected chi connectivity index (χ0v) is 10.8. The number of pyridine rings is 2. The molecule has 0 spiro atoms. The van der Waals surface area contributed by atoms with E-state index in [2.05, 4.69) is 15.3 Å². The molecule has 0 aliphatic rings. The van der Waals surface area contributed by atoms with Crippen molar-refractivity contribution in [1.29, 1.82) is 0 Å². The van der Waals surface area contributed by atoms with Crippen molar-refractivity contribution < 1.29 is 4.92 Å². The van der Waals surface area contributed by atoms with Crippen molar-refractivity contribution in [2.75, 3.05) is 5.32 Å². The highest BCUT2D eigenvalue weighted by molar-refractivity contribution is 5.44. The SMILES string of the molecule is Cc1cccc(CNc2ccc([N+](=O)[O-])c(C)n2)n1. The van der Waals surface area contributed by atoms with Crippen LogP contribution in [-0.2, 0) is 6.54 Å². The van der Waals surface area contributed by atoms with E-state index in [4.69, 9.17) is 0 Å². The van der Waals surface area contributed by atoms with E-state index in [0.29, 0.717) is 18.1 Å². The van der Waals surface area contributed by atoms with Crippen molar-refractivity contribution in [2.45, 2.75) is 20.4 Å². The van der Waals surface area contributed by atoms with Gasteiger partial charge in [-0.25, -0.2) is 4.98 Å². The van der Waals surface area contributed by atoms with E-state index in [1.165, 1.54) is 6.07 Å². The second kappa shape index (κ2) is 5.43. The quantitative estimate of drug-likeness (QED) is 0.673. The zero-order valence-electron chi connectivity index (χ0n) is 10.8. The number of nitrogens with one attached hydrogen (secondary N) is 1. The van der Waals surface area contributed by atoms with E-state index in [-0.39, 0.29) is 5.69 Å². The maximum absolute atomic E-state index is 10.7. The first-order chi connectivity index (χ1) is 9.06. The minimum atomic E-state index is -0.436. The van der Waals surface area contributed by atoms with Crippen molar-refractivity contribution in [3.63, 3.8) is 0 Å². The van der Waals surface area contributed by atoms with Crippen LogP contribution in [0.5, 0.6) is 0 Å². The molecule has 2 aromatic heterocycles. The number of hydrogen-bond donors (Lipinski definition) is 1. The summed E-state index contributed by atoms with van der Waals surface area (Å²) < 4.78 is 0. The van der Waals surface area contributed by atoms with Gasteiger partial charge < -0.3 is 5.32 Å². The van der Waals surface area contributed by atoms with E-state index in [0.717, 1.165) is 11.4 Å². The Morgan fingerprint density at radius 1 is 1.21 bits per heavy atom. The smallest absolute Gasteiger partial charge is 0.290 e. The van der Waals surface area contributed by atoms with Gasteiger partial charge >= 0.3 is 0 Å². The van der Waals surface area contributed by atoms with Gasteiger partial charge in [0.15, 0.2) is 0 Å². The van der Waals surface area contributed by atoms with E-state index in [1.54, 1.807) is 13.0 Å². The third-order valence-corrected chi connectivity index (χ3v) is 2.65. The summed E-state index contributed by atoms with van der Waals surface area (Å²) in [5, 5.41) is 13.8. The van der Waals surface area contributed by atoms with Gasteiger partial charge in [0.2, 0.25) is 0 Å². The summed E-state index contributed by atoms with van der Waals surface area (Å²) >= 11 is 0.